The zero-order valence-electron chi connectivity index (χ0n) is 8.95. The van der Waals surface area contributed by atoms with E-state index in [1.807, 2.05) is 0 Å². The molecule has 16 heavy (non-hydrogen) atoms. The van der Waals surface area contributed by atoms with Crippen molar-refractivity contribution in [3.05, 3.63) is 0 Å². The molecule has 0 aromatic rings. The second-order valence-electron chi connectivity index (χ2n) is 3.72. The van der Waals surface area contributed by atoms with Crippen LogP contribution in [0.15, 0.2) is 0 Å². The molecule has 0 aromatic heterocycles. The summed E-state index contributed by atoms with van der Waals surface area (Å²) in [4.78, 5) is 32.6. The van der Waals surface area contributed by atoms with E-state index in [0.717, 1.165) is 0 Å². The highest BCUT2D eigenvalue weighted by Gasteiger charge is 2.21. The molecule has 1 saturated heterocycles. The van der Waals surface area contributed by atoms with Crippen LogP contribution >= 0.6 is 0 Å². The van der Waals surface area contributed by atoms with Gasteiger partial charge in [0, 0.05) is 19.0 Å². The van der Waals surface area contributed by atoms with Gasteiger partial charge in [-0.3, -0.25) is 9.59 Å². The summed E-state index contributed by atoms with van der Waals surface area (Å²) < 4.78 is 0. The molecule has 0 aromatic carbocycles. The summed E-state index contributed by atoms with van der Waals surface area (Å²) in [5.74, 6) is -1.12. The summed E-state index contributed by atoms with van der Waals surface area (Å²) in [6.07, 6.45) is 0.945. The van der Waals surface area contributed by atoms with Gasteiger partial charge in [0.25, 0.3) is 0 Å². The molecular formula is C9H15N3O4. The van der Waals surface area contributed by atoms with Crippen molar-refractivity contribution in [2.45, 2.75) is 31.8 Å². The van der Waals surface area contributed by atoms with Gasteiger partial charge in [0.1, 0.15) is 6.04 Å². The third kappa shape index (κ3) is 3.76. The lowest BCUT2D eigenvalue weighted by Gasteiger charge is -2.24. The molecule has 1 unspecified atom stereocenters. The Bertz CT molecular complexity index is 295. The van der Waals surface area contributed by atoms with Crippen LogP contribution in [0.25, 0.3) is 0 Å². The Morgan fingerprint density at radius 3 is 2.75 bits per heavy atom. The number of hydrogen-bond donors (Lipinski definition) is 4. The van der Waals surface area contributed by atoms with E-state index in [1.54, 1.807) is 0 Å². The Balaban J connectivity index is 2.29. The monoisotopic (exact) mass is 229 g/mol. The van der Waals surface area contributed by atoms with Gasteiger partial charge in [-0.25, -0.2) is 4.79 Å². The maximum atomic E-state index is 11.3. The fourth-order valence-electron chi connectivity index (χ4n) is 1.34. The number of hydrogen-bond acceptors (Lipinski definition) is 3. The standard InChI is InChI=1S/C9H15N3O4/c1-5(8(14)15)11-9(16)12-6-2-3-7(13)10-4-6/h5-6H,2-4H2,1H3,(H,10,13)(H,14,15)(H2,11,12,16)/t5-,6?/m0/s1. The van der Waals surface area contributed by atoms with E-state index in [1.165, 1.54) is 6.92 Å². The molecule has 0 spiro atoms. The number of carbonyl (C=O) groups excluding carboxylic acids is 2. The van der Waals surface area contributed by atoms with Crippen LogP contribution in [0.3, 0.4) is 0 Å². The lowest BCUT2D eigenvalue weighted by Crippen LogP contribution is -2.53. The summed E-state index contributed by atoms with van der Waals surface area (Å²) >= 11 is 0. The van der Waals surface area contributed by atoms with Crippen LogP contribution in [0.5, 0.6) is 0 Å². The lowest BCUT2D eigenvalue weighted by molar-refractivity contribution is -0.138. The number of carbonyl (C=O) groups is 3. The number of amides is 3. The van der Waals surface area contributed by atoms with Gasteiger partial charge < -0.3 is 21.1 Å². The first-order chi connectivity index (χ1) is 7.49. The molecule has 4 N–H and O–H groups in total. The van der Waals surface area contributed by atoms with Crippen molar-refractivity contribution in [1.82, 2.24) is 16.0 Å². The third-order valence-corrected chi connectivity index (χ3v) is 2.32. The summed E-state index contributed by atoms with van der Waals surface area (Å²) in [5.41, 5.74) is 0. The zero-order chi connectivity index (χ0) is 12.1. The number of urea groups is 1. The van der Waals surface area contributed by atoms with Gasteiger partial charge in [-0.2, -0.15) is 0 Å². The topological polar surface area (TPSA) is 108 Å². The number of nitrogens with one attached hydrogen (secondary N) is 3. The average Bonchev–Trinajstić information content (AvgIpc) is 2.21. The fraction of sp³-hybridized carbons (Fsp3) is 0.667. The summed E-state index contributed by atoms with van der Waals surface area (Å²) in [6.45, 7) is 1.76. The van der Waals surface area contributed by atoms with Gasteiger partial charge in [0.2, 0.25) is 5.91 Å². The molecule has 1 aliphatic rings. The van der Waals surface area contributed by atoms with Crippen molar-refractivity contribution in [2.24, 2.45) is 0 Å². The quantitative estimate of drug-likeness (QED) is 0.499. The van der Waals surface area contributed by atoms with E-state index in [0.29, 0.717) is 19.4 Å². The molecule has 1 aliphatic heterocycles. The van der Waals surface area contributed by atoms with Crippen molar-refractivity contribution in [1.29, 1.82) is 0 Å². The van der Waals surface area contributed by atoms with Crippen LogP contribution in [-0.4, -0.2) is 41.6 Å². The van der Waals surface area contributed by atoms with Gasteiger partial charge in [-0.1, -0.05) is 0 Å². The van der Waals surface area contributed by atoms with E-state index in [9.17, 15) is 14.4 Å². The van der Waals surface area contributed by atoms with Crippen LogP contribution in [0.1, 0.15) is 19.8 Å². The Morgan fingerprint density at radius 1 is 1.56 bits per heavy atom. The van der Waals surface area contributed by atoms with Gasteiger partial charge in [-0.15, -0.1) is 0 Å². The lowest BCUT2D eigenvalue weighted by atomic mass is 10.1. The highest BCUT2D eigenvalue weighted by Crippen LogP contribution is 2.02. The second kappa shape index (κ2) is 5.34. The molecule has 90 valence electrons. The Kier molecular flexibility index (Phi) is 4.10. The molecule has 1 rings (SSSR count). The minimum Gasteiger partial charge on any atom is -0.480 e. The van der Waals surface area contributed by atoms with Gasteiger partial charge in [0.15, 0.2) is 0 Å². The highest BCUT2D eigenvalue weighted by atomic mass is 16.4. The molecule has 0 radical (unpaired) electrons. The molecule has 1 heterocycles. The molecule has 7 nitrogen and oxygen atoms in total. The van der Waals surface area contributed by atoms with Crippen molar-refractivity contribution < 1.29 is 19.5 Å². The van der Waals surface area contributed by atoms with Crippen molar-refractivity contribution in [2.75, 3.05) is 6.54 Å². The molecule has 3 amide bonds. The minimum absolute atomic E-state index is 0.0302. The van der Waals surface area contributed by atoms with E-state index < -0.39 is 18.0 Å². The van der Waals surface area contributed by atoms with Crippen molar-refractivity contribution >= 4 is 17.9 Å². The van der Waals surface area contributed by atoms with E-state index in [-0.39, 0.29) is 11.9 Å². The predicted molar refractivity (Wildman–Crippen MR) is 54.8 cm³/mol. The Hall–Kier alpha value is -1.79. The van der Waals surface area contributed by atoms with Gasteiger partial charge >= 0.3 is 12.0 Å². The minimum atomic E-state index is -1.09. The van der Waals surface area contributed by atoms with Gasteiger partial charge in [-0.05, 0) is 13.3 Å². The highest BCUT2D eigenvalue weighted by molar-refractivity contribution is 5.82. The zero-order valence-corrected chi connectivity index (χ0v) is 8.95. The van der Waals surface area contributed by atoms with Crippen LogP contribution in [0.4, 0.5) is 4.79 Å². The number of piperidine rings is 1. The Morgan fingerprint density at radius 2 is 2.25 bits per heavy atom. The molecule has 2 atom stereocenters. The molecular weight excluding hydrogens is 214 g/mol. The third-order valence-electron chi connectivity index (χ3n) is 2.32. The molecule has 1 fully saturated rings. The number of aliphatic carboxylic acids is 1. The largest absolute Gasteiger partial charge is 0.480 e. The van der Waals surface area contributed by atoms with Crippen molar-refractivity contribution in [3.63, 3.8) is 0 Å². The second-order valence-corrected chi connectivity index (χ2v) is 3.72. The first-order valence-electron chi connectivity index (χ1n) is 5.05. The summed E-state index contributed by atoms with van der Waals surface area (Å²) in [7, 11) is 0. The first-order valence-corrected chi connectivity index (χ1v) is 5.05. The van der Waals surface area contributed by atoms with Crippen LogP contribution in [-0.2, 0) is 9.59 Å². The molecule has 0 bridgehead atoms. The molecule has 0 saturated carbocycles. The normalized spacial score (nSPS) is 21.8. The fourth-order valence-corrected chi connectivity index (χ4v) is 1.34. The maximum absolute atomic E-state index is 11.3. The summed E-state index contributed by atoms with van der Waals surface area (Å²) in [5, 5.41) is 16.1. The van der Waals surface area contributed by atoms with Crippen LogP contribution in [0, 0.1) is 0 Å². The SMILES string of the molecule is C[C@H](NC(=O)NC1CCC(=O)NC1)C(=O)O. The number of carboxylic acids is 1. The van der Waals surface area contributed by atoms with E-state index in [4.69, 9.17) is 5.11 Å². The van der Waals surface area contributed by atoms with Crippen LogP contribution < -0.4 is 16.0 Å². The van der Waals surface area contributed by atoms with Gasteiger partial charge in [0.05, 0.1) is 0 Å². The van der Waals surface area contributed by atoms with Crippen LogP contribution in [0.2, 0.25) is 0 Å². The first kappa shape index (κ1) is 12.3. The molecule has 0 aliphatic carbocycles. The van der Waals surface area contributed by atoms with E-state index in [2.05, 4.69) is 16.0 Å². The summed E-state index contributed by atoms with van der Waals surface area (Å²) in [6, 6.07) is -1.60. The maximum Gasteiger partial charge on any atom is 0.325 e. The predicted octanol–water partition coefficient (Wildman–Crippen LogP) is -0.963. The number of rotatable bonds is 3. The smallest absolute Gasteiger partial charge is 0.325 e. The average molecular weight is 229 g/mol. The van der Waals surface area contributed by atoms with E-state index >= 15 is 0 Å². The molecule has 7 heteroatoms. The van der Waals surface area contributed by atoms with Crippen molar-refractivity contribution in [3.8, 4) is 0 Å². The number of carboxylic acid groups (broad SMARTS) is 1. The Labute approximate surface area is 92.6 Å².